The van der Waals surface area contributed by atoms with Crippen molar-refractivity contribution in [1.82, 2.24) is 5.16 Å². The molecule has 0 atom stereocenters. The average Bonchev–Trinajstić information content (AvgIpc) is 3.04. The Bertz CT molecular complexity index is 888. The highest BCUT2D eigenvalue weighted by Crippen LogP contribution is 2.42. The van der Waals surface area contributed by atoms with Gasteiger partial charge in [-0.25, -0.2) is 0 Å². The van der Waals surface area contributed by atoms with Gasteiger partial charge in [0, 0.05) is 5.56 Å². The summed E-state index contributed by atoms with van der Waals surface area (Å²) in [7, 11) is 3.11. The monoisotopic (exact) mass is 379 g/mol. The Kier molecular flexibility index (Phi) is 5.18. The van der Waals surface area contributed by atoms with E-state index in [2.05, 4.69) is 5.16 Å². The van der Waals surface area contributed by atoms with Gasteiger partial charge in [0.2, 0.25) is 0 Å². The van der Waals surface area contributed by atoms with E-state index in [-0.39, 0.29) is 6.61 Å². The second-order valence-electron chi connectivity index (χ2n) is 5.16. The number of aliphatic hydroxyl groups excluding tert-OH is 1. The van der Waals surface area contributed by atoms with E-state index in [4.69, 9.17) is 37.2 Å². The minimum atomic E-state index is -0.309. The fraction of sp³-hybridized carbons (Fsp3) is 0.167. The van der Waals surface area contributed by atoms with Gasteiger partial charge < -0.3 is 19.1 Å². The number of aromatic nitrogens is 1. The van der Waals surface area contributed by atoms with Crippen LogP contribution >= 0.6 is 23.2 Å². The third-order valence-electron chi connectivity index (χ3n) is 3.80. The highest BCUT2D eigenvalue weighted by Gasteiger charge is 2.24. The van der Waals surface area contributed by atoms with Crippen LogP contribution in [0.2, 0.25) is 10.0 Å². The smallest absolute Gasteiger partial charge is 0.176 e. The average molecular weight is 380 g/mol. The lowest BCUT2D eigenvalue weighted by Gasteiger charge is -2.09. The maximum Gasteiger partial charge on any atom is 0.176 e. The molecule has 0 amide bonds. The van der Waals surface area contributed by atoms with Gasteiger partial charge in [-0.2, -0.15) is 0 Å². The molecular formula is C18H15Cl2NO4. The quantitative estimate of drug-likeness (QED) is 0.687. The van der Waals surface area contributed by atoms with Crippen molar-refractivity contribution in [2.24, 2.45) is 0 Å². The Balaban J connectivity index is 2.23. The van der Waals surface area contributed by atoms with Crippen LogP contribution in [0.15, 0.2) is 40.9 Å². The van der Waals surface area contributed by atoms with Crippen molar-refractivity contribution in [3.05, 3.63) is 52.0 Å². The van der Waals surface area contributed by atoms with Crippen LogP contribution < -0.4 is 9.47 Å². The summed E-state index contributed by atoms with van der Waals surface area (Å²) in [6.07, 6.45) is 0. The number of rotatable bonds is 5. The van der Waals surface area contributed by atoms with E-state index in [1.165, 1.54) is 0 Å². The van der Waals surface area contributed by atoms with E-state index in [1.54, 1.807) is 50.6 Å². The molecule has 5 nitrogen and oxygen atoms in total. The third kappa shape index (κ3) is 3.18. The zero-order valence-corrected chi connectivity index (χ0v) is 15.1. The molecule has 0 fully saturated rings. The maximum atomic E-state index is 9.92. The van der Waals surface area contributed by atoms with Gasteiger partial charge in [0.15, 0.2) is 5.76 Å². The topological polar surface area (TPSA) is 64.7 Å². The molecule has 0 aliphatic heterocycles. The summed E-state index contributed by atoms with van der Waals surface area (Å²) in [5.41, 5.74) is 1.96. The molecule has 2 aromatic carbocycles. The number of ether oxygens (including phenoxy) is 2. The predicted octanol–water partition coefficient (Wildman–Crippen LogP) is 4.82. The van der Waals surface area contributed by atoms with E-state index >= 15 is 0 Å². The number of halogens is 2. The van der Waals surface area contributed by atoms with Crippen molar-refractivity contribution >= 4 is 23.2 Å². The number of hydrogen-bond acceptors (Lipinski definition) is 5. The summed E-state index contributed by atoms with van der Waals surface area (Å²) in [6, 6.07) is 10.4. The molecule has 1 aromatic heterocycles. The highest BCUT2D eigenvalue weighted by molar-refractivity contribution is 6.39. The number of nitrogens with zero attached hydrogens (tertiary/aromatic N) is 1. The van der Waals surface area contributed by atoms with Crippen LogP contribution in [0.3, 0.4) is 0 Å². The second kappa shape index (κ2) is 7.35. The SMILES string of the molecule is COc1ccc(OC)c(-c2onc(-c3c(Cl)cccc3Cl)c2CO)c1. The largest absolute Gasteiger partial charge is 0.497 e. The number of benzene rings is 2. The van der Waals surface area contributed by atoms with Gasteiger partial charge in [0.05, 0.1) is 42.0 Å². The summed E-state index contributed by atoms with van der Waals surface area (Å²) in [5, 5.41) is 14.8. The first-order valence-electron chi connectivity index (χ1n) is 7.36. The van der Waals surface area contributed by atoms with Crippen LogP contribution in [0.25, 0.3) is 22.6 Å². The van der Waals surface area contributed by atoms with E-state index in [0.29, 0.717) is 49.7 Å². The Morgan fingerprint density at radius 2 is 1.80 bits per heavy atom. The molecule has 0 unspecified atom stereocenters. The Morgan fingerprint density at radius 1 is 1.08 bits per heavy atom. The van der Waals surface area contributed by atoms with Crippen LogP contribution in [0.5, 0.6) is 11.5 Å². The number of methoxy groups -OCH3 is 2. The van der Waals surface area contributed by atoms with E-state index in [1.807, 2.05) is 0 Å². The molecule has 0 radical (unpaired) electrons. The number of hydrogen-bond donors (Lipinski definition) is 1. The van der Waals surface area contributed by atoms with Crippen LogP contribution in [-0.2, 0) is 6.61 Å². The molecule has 0 aliphatic rings. The molecule has 0 saturated carbocycles. The molecule has 25 heavy (non-hydrogen) atoms. The molecule has 0 bridgehead atoms. The highest BCUT2D eigenvalue weighted by atomic mass is 35.5. The Labute approximate surface area is 154 Å². The van der Waals surface area contributed by atoms with Crippen molar-refractivity contribution in [3.63, 3.8) is 0 Å². The van der Waals surface area contributed by atoms with Gasteiger partial charge in [-0.15, -0.1) is 0 Å². The molecular weight excluding hydrogens is 365 g/mol. The summed E-state index contributed by atoms with van der Waals surface area (Å²) < 4.78 is 16.2. The first-order chi connectivity index (χ1) is 12.1. The first kappa shape index (κ1) is 17.6. The summed E-state index contributed by atoms with van der Waals surface area (Å²) >= 11 is 12.5. The van der Waals surface area contributed by atoms with Crippen LogP contribution in [0, 0.1) is 0 Å². The van der Waals surface area contributed by atoms with Gasteiger partial charge in [-0.1, -0.05) is 34.4 Å². The van der Waals surface area contributed by atoms with Crippen molar-refractivity contribution in [3.8, 4) is 34.1 Å². The molecule has 0 saturated heterocycles. The van der Waals surface area contributed by atoms with E-state index in [9.17, 15) is 5.11 Å². The van der Waals surface area contributed by atoms with Crippen molar-refractivity contribution in [2.45, 2.75) is 6.61 Å². The minimum absolute atomic E-state index is 0.309. The Hall–Kier alpha value is -2.21. The van der Waals surface area contributed by atoms with E-state index < -0.39 is 0 Å². The second-order valence-corrected chi connectivity index (χ2v) is 5.97. The predicted molar refractivity (Wildman–Crippen MR) is 96.4 cm³/mol. The fourth-order valence-electron chi connectivity index (χ4n) is 2.58. The fourth-order valence-corrected chi connectivity index (χ4v) is 3.16. The van der Waals surface area contributed by atoms with Gasteiger partial charge >= 0.3 is 0 Å². The zero-order chi connectivity index (χ0) is 18.0. The zero-order valence-electron chi connectivity index (χ0n) is 13.5. The normalized spacial score (nSPS) is 10.8. The molecule has 7 heteroatoms. The lowest BCUT2D eigenvalue weighted by Crippen LogP contribution is -1.94. The standard InChI is InChI=1S/C18H15Cl2NO4/c1-23-10-6-7-15(24-2)11(8-10)18-12(9-22)17(21-25-18)16-13(19)4-3-5-14(16)20/h3-8,22H,9H2,1-2H3. The molecule has 0 spiro atoms. The van der Waals surface area contributed by atoms with Crippen LogP contribution in [-0.4, -0.2) is 24.5 Å². The molecule has 3 aromatic rings. The summed E-state index contributed by atoms with van der Waals surface area (Å²) in [4.78, 5) is 0. The van der Waals surface area contributed by atoms with Crippen molar-refractivity contribution < 1.29 is 19.1 Å². The van der Waals surface area contributed by atoms with Gasteiger partial charge in [0.25, 0.3) is 0 Å². The van der Waals surface area contributed by atoms with Crippen LogP contribution in [0.1, 0.15) is 5.56 Å². The van der Waals surface area contributed by atoms with Gasteiger partial charge in [-0.3, -0.25) is 0 Å². The maximum absolute atomic E-state index is 9.92. The Morgan fingerprint density at radius 3 is 2.40 bits per heavy atom. The molecule has 130 valence electrons. The first-order valence-corrected chi connectivity index (χ1v) is 8.12. The lowest BCUT2D eigenvalue weighted by molar-refractivity contribution is 0.281. The van der Waals surface area contributed by atoms with Crippen LogP contribution in [0.4, 0.5) is 0 Å². The summed E-state index contributed by atoms with van der Waals surface area (Å²) in [6.45, 7) is -0.309. The third-order valence-corrected chi connectivity index (χ3v) is 4.43. The molecule has 1 heterocycles. The minimum Gasteiger partial charge on any atom is -0.497 e. The van der Waals surface area contributed by atoms with Crippen molar-refractivity contribution in [2.75, 3.05) is 14.2 Å². The molecule has 1 N–H and O–H groups in total. The molecule has 3 rings (SSSR count). The summed E-state index contributed by atoms with van der Waals surface area (Å²) in [5.74, 6) is 1.54. The number of aliphatic hydroxyl groups is 1. The van der Waals surface area contributed by atoms with Gasteiger partial charge in [0.1, 0.15) is 17.2 Å². The van der Waals surface area contributed by atoms with Gasteiger partial charge in [-0.05, 0) is 30.3 Å². The molecule has 0 aliphatic carbocycles. The van der Waals surface area contributed by atoms with E-state index in [0.717, 1.165) is 0 Å². The van der Waals surface area contributed by atoms with Crippen molar-refractivity contribution in [1.29, 1.82) is 0 Å². The lowest BCUT2D eigenvalue weighted by atomic mass is 10.0.